The number of ether oxygens (including phenoxy) is 2. The van der Waals surface area contributed by atoms with Crippen molar-refractivity contribution in [1.82, 2.24) is 10.2 Å². The fraction of sp³-hybridized carbons (Fsp3) is 0.357. The van der Waals surface area contributed by atoms with Crippen molar-refractivity contribution in [2.45, 2.75) is 19.6 Å². The zero-order chi connectivity index (χ0) is 17.0. The highest BCUT2D eigenvalue weighted by molar-refractivity contribution is 5.99. The lowest BCUT2D eigenvalue weighted by atomic mass is 10.2. The van der Waals surface area contributed by atoms with E-state index in [1.54, 1.807) is 0 Å². The van der Waals surface area contributed by atoms with E-state index in [2.05, 4.69) is 10.1 Å². The van der Waals surface area contributed by atoms with Crippen molar-refractivity contribution in [3.63, 3.8) is 0 Å². The van der Waals surface area contributed by atoms with Gasteiger partial charge >= 0.3 is 18.6 Å². The standard InChI is InChI=1S/C14H14F2N2O5/c1-8(11(19)18-6-5-17-14(18)21)22-12(20)9-3-2-4-10(7-9)23-13(15)16/h2-4,7-8,13H,5-6H2,1H3,(H,17,21). The molecule has 1 aliphatic rings. The van der Waals surface area contributed by atoms with Crippen molar-refractivity contribution in [3.05, 3.63) is 29.8 Å². The predicted molar refractivity (Wildman–Crippen MR) is 73.1 cm³/mol. The van der Waals surface area contributed by atoms with Crippen LogP contribution in [0.25, 0.3) is 0 Å². The summed E-state index contributed by atoms with van der Waals surface area (Å²) in [6, 6.07) is 4.46. The van der Waals surface area contributed by atoms with Crippen LogP contribution in [0.1, 0.15) is 17.3 Å². The SMILES string of the molecule is CC(OC(=O)c1cccc(OC(F)F)c1)C(=O)N1CCNC1=O. The Morgan fingerprint density at radius 3 is 2.70 bits per heavy atom. The monoisotopic (exact) mass is 328 g/mol. The van der Waals surface area contributed by atoms with Gasteiger partial charge in [-0.3, -0.25) is 9.69 Å². The number of rotatable bonds is 5. The van der Waals surface area contributed by atoms with Crippen molar-refractivity contribution in [2.24, 2.45) is 0 Å². The lowest BCUT2D eigenvalue weighted by Gasteiger charge is -2.18. The zero-order valence-electron chi connectivity index (χ0n) is 12.1. The second-order valence-corrected chi connectivity index (χ2v) is 4.68. The van der Waals surface area contributed by atoms with Crippen LogP contribution < -0.4 is 10.1 Å². The summed E-state index contributed by atoms with van der Waals surface area (Å²) in [5.41, 5.74) is -0.0475. The second kappa shape index (κ2) is 7.03. The summed E-state index contributed by atoms with van der Waals surface area (Å²) in [6.07, 6.45) is -1.19. The summed E-state index contributed by atoms with van der Waals surface area (Å²) in [7, 11) is 0. The summed E-state index contributed by atoms with van der Waals surface area (Å²) >= 11 is 0. The minimum absolute atomic E-state index is 0.0475. The summed E-state index contributed by atoms with van der Waals surface area (Å²) in [6.45, 7) is -1.17. The third-order valence-electron chi connectivity index (χ3n) is 3.05. The van der Waals surface area contributed by atoms with Gasteiger partial charge in [0.25, 0.3) is 5.91 Å². The van der Waals surface area contributed by atoms with Crippen LogP contribution in [0, 0.1) is 0 Å². The van der Waals surface area contributed by atoms with Gasteiger partial charge in [-0.05, 0) is 25.1 Å². The van der Waals surface area contributed by atoms with Gasteiger partial charge in [0, 0.05) is 13.1 Å². The smallest absolute Gasteiger partial charge is 0.387 e. The molecule has 0 aliphatic carbocycles. The van der Waals surface area contributed by atoms with E-state index in [1.165, 1.54) is 25.1 Å². The number of carbonyl (C=O) groups excluding carboxylic acids is 3. The van der Waals surface area contributed by atoms with Gasteiger partial charge in [0.2, 0.25) is 0 Å². The molecule has 1 N–H and O–H groups in total. The molecule has 1 heterocycles. The summed E-state index contributed by atoms with van der Waals surface area (Å²) in [5, 5.41) is 2.45. The van der Waals surface area contributed by atoms with Crippen molar-refractivity contribution >= 4 is 17.9 Å². The fourth-order valence-corrected chi connectivity index (χ4v) is 1.98. The molecule has 9 heteroatoms. The van der Waals surface area contributed by atoms with Crippen LogP contribution in [0.15, 0.2) is 24.3 Å². The van der Waals surface area contributed by atoms with Gasteiger partial charge in [-0.15, -0.1) is 0 Å². The Balaban J connectivity index is 2.00. The predicted octanol–water partition coefficient (Wildman–Crippen LogP) is 1.39. The van der Waals surface area contributed by atoms with Crippen LogP contribution in [0.5, 0.6) is 5.75 Å². The van der Waals surface area contributed by atoms with Crippen LogP contribution >= 0.6 is 0 Å². The summed E-state index contributed by atoms with van der Waals surface area (Å²) in [4.78, 5) is 36.3. The number of halogens is 2. The number of hydrogen-bond donors (Lipinski definition) is 1. The first-order valence-corrected chi connectivity index (χ1v) is 6.73. The minimum atomic E-state index is -3.02. The van der Waals surface area contributed by atoms with Crippen molar-refractivity contribution in [1.29, 1.82) is 0 Å². The first-order valence-electron chi connectivity index (χ1n) is 6.73. The summed E-state index contributed by atoms with van der Waals surface area (Å²) in [5.74, 6) is -1.74. The lowest BCUT2D eigenvalue weighted by molar-refractivity contribution is -0.136. The van der Waals surface area contributed by atoms with Crippen LogP contribution in [0.2, 0.25) is 0 Å². The molecule has 1 saturated heterocycles. The topological polar surface area (TPSA) is 84.9 Å². The molecule has 1 aliphatic heterocycles. The van der Waals surface area contributed by atoms with Gasteiger partial charge in [0.15, 0.2) is 6.10 Å². The highest BCUT2D eigenvalue weighted by atomic mass is 19.3. The van der Waals surface area contributed by atoms with E-state index in [0.29, 0.717) is 6.54 Å². The number of alkyl halides is 2. The molecule has 0 bridgehead atoms. The largest absolute Gasteiger partial charge is 0.449 e. The molecule has 1 fully saturated rings. The zero-order valence-corrected chi connectivity index (χ0v) is 12.1. The molecule has 1 aromatic rings. The lowest BCUT2D eigenvalue weighted by Crippen LogP contribution is -2.41. The molecule has 1 unspecified atom stereocenters. The van der Waals surface area contributed by atoms with Gasteiger partial charge in [-0.25, -0.2) is 9.59 Å². The number of benzene rings is 1. The van der Waals surface area contributed by atoms with E-state index in [1.807, 2.05) is 0 Å². The number of amides is 3. The van der Waals surface area contributed by atoms with Crippen LogP contribution in [0.3, 0.4) is 0 Å². The molecule has 7 nitrogen and oxygen atoms in total. The normalized spacial score (nSPS) is 15.3. The molecule has 124 valence electrons. The Bertz CT molecular complexity index is 623. The van der Waals surface area contributed by atoms with Gasteiger partial charge in [0.1, 0.15) is 5.75 Å². The Morgan fingerprint density at radius 1 is 1.35 bits per heavy atom. The molecule has 2 rings (SSSR count). The highest BCUT2D eigenvalue weighted by Gasteiger charge is 2.31. The first-order chi connectivity index (χ1) is 10.9. The molecule has 1 aromatic carbocycles. The number of esters is 1. The third kappa shape index (κ3) is 4.15. The molecule has 3 amide bonds. The maximum absolute atomic E-state index is 12.2. The molecule has 0 spiro atoms. The molecular weight excluding hydrogens is 314 g/mol. The average Bonchev–Trinajstić information content (AvgIpc) is 2.92. The van der Waals surface area contributed by atoms with Crippen LogP contribution in [-0.2, 0) is 9.53 Å². The van der Waals surface area contributed by atoms with E-state index < -0.39 is 30.6 Å². The van der Waals surface area contributed by atoms with E-state index in [0.717, 1.165) is 11.0 Å². The highest BCUT2D eigenvalue weighted by Crippen LogP contribution is 2.17. The molecular formula is C14H14F2N2O5. The van der Waals surface area contributed by atoms with E-state index in [4.69, 9.17) is 4.74 Å². The Labute approximate surface area is 130 Å². The number of hydrogen-bond acceptors (Lipinski definition) is 5. The Kier molecular flexibility index (Phi) is 5.09. The fourth-order valence-electron chi connectivity index (χ4n) is 1.98. The van der Waals surface area contributed by atoms with Crippen molar-refractivity contribution < 1.29 is 32.6 Å². The molecule has 23 heavy (non-hydrogen) atoms. The number of nitrogens with zero attached hydrogens (tertiary/aromatic N) is 1. The van der Waals surface area contributed by atoms with Crippen LogP contribution in [-0.4, -0.2) is 48.6 Å². The Morgan fingerprint density at radius 2 is 2.09 bits per heavy atom. The van der Waals surface area contributed by atoms with Crippen molar-refractivity contribution in [3.8, 4) is 5.75 Å². The number of imide groups is 1. The maximum Gasteiger partial charge on any atom is 0.387 e. The Hall–Kier alpha value is -2.71. The summed E-state index contributed by atoms with van der Waals surface area (Å²) < 4.78 is 33.5. The first kappa shape index (κ1) is 16.7. The molecule has 0 radical (unpaired) electrons. The number of carbonyl (C=O) groups is 3. The van der Waals surface area contributed by atoms with Gasteiger partial charge in [0.05, 0.1) is 5.56 Å². The van der Waals surface area contributed by atoms with Gasteiger partial charge < -0.3 is 14.8 Å². The minimum Gasteiger partial charge on any atom is -0.449 e. The quantitative estimate of drug-likeness (QED) is 0.826. The third-order valence-corrected chi connectivity index (χ3v) is 3.05. The van der Waals surface area contributed by atoms with Crippen molar-refractivity contribution in [2.75, 3.05) is 13.1 Å². The van der Waals surface area contributed by atoms with E-state index >= 15 is 0 Å². The molecule has 0 saturated carbocycles. The van der Waals surface area contributed by atoms with Gasteiger partial charge in [-0.2, -0.15) is 8.78 Å². The maximum atomic E-state index is 12.2. The second-order valence-electron chi connectivity index (χ2n) is 4.68. The van der Waals surface area contributed by atoms with E-state index in [-0.39, 0.29) is 17.9 Å². The molecule has 0 aromatic heterocycles. The average molecular weight is 328 g/mol. The molecule has 1 atom stereocenters. The number of urea groups is 1. The van der Waals surface area contributed by atoms with Gasteiger partial charge in [-0.1, -0.05) is 6.07 Å². The number of nitrogens with one attached hydrogen (secondary N) is 1. The van der Waals surface area contributed by atoms with E-state index in [9.17, 15) is 23.2 Å². The van der Waals surface area contributed by atoms with Crippen LogP contribution in [0.4, 0.5) is 13.6 Å².